The van der Waals surface area contributed by atoms with Crippen molar-refractivity contribution in [2.24, 2.45) is 0 Å². The van der Waals surface area contributed by atoms with Crippen LogP contribution in [0.4, 0.5) is 5.82 Å². The van der Waals surface area contributed by atoms with Crippen LogP contribution in [-0.2, 0) is 5.75 Å². The summed E-state index contributed by atoms with van der Waals surface area (Å²) in [6.45, 7) is 4.43. The lowest BCUT2D eigenvalue weighted by atomic mass is 10.3. The zero-order valence-electron chi connectivity index (χ0n) is 10.2. The summed E-state index contributed by atoms with van der Waals surface area (Å²) in [5.74, 6) is 2.91. The number of halogens is 1. The summed E-state index contributed by atoms with van der Waals surface area (Å²) in [6, 6.07) is 0. The third-order valence-corrected chi connectivity index (χ3v) is 5.12. The number of nitrogens with two attached hydrogens (primary N) is 1. The smallest absolute Gasteiger partial charge is 0.141 e. The Kier molecular flexibility index (Phi) is 4.31. The first-order chi connectivity index (χ1) is 8.11. The fourth-order valence-electron chi connectivity index (χ4n) is 1.56. The predicted octanol–water partition coefficient (Wildman–Crippen LogP) is 3.73. The lowest BCUT2D eigenvalue weighted by Crippen LogP contribution is -2.05. The zero-order chi connectivity index (χ0) is 12.4. The lowest BCUT2D eigenvalue weighted by Gasteiger charge is -2.10. The Bertz CT molecular complexity index is 407. The van der Waals surface area contributed by atoms with Crippen LogP contribution in [0.25, 0.3) is 0 Å². The second-order valence-corrected chi connectivity index (χ2v) is 6.75. The molecule has 1 atom stereocenters. The van der Waals surface area contributed by atoms with Crippen molar-refractivity contribution in [3.8, 4) is 0 Å². The summed E-state index contributed by atoms with van der Waals surface area (Å²) in [6.07, 6.45) is 3.63. The van der Waals surface area contributed by atoms with Gasteiger partial charge in [0.15, 0.2) is 0 Å². The first kappa shape index (κ1) is 13.1. The normalized spacial score (nSPS) is 17.1. The Morgan fingerprint density at radius 1 is 1.47 bits per heavy atom. The minimum absolute atomic E-state index is 0.585. The molecule has 1 saturated carbocycles. The molecule has 0 radical (unpaired) electrons. The maximum Gasteiger partial charge on any atom is 0.141 e. The monoisotopic (exact) mass is 315 g/mol. The quantitative estimate of drug-likeness (QED) is 0.899. The van der Waals surface area contributed by atoms with Crippen LogP contribution in [0.1, 0.15) is 50.5 Å². The molecule has 0 spiro atoms. The van der Waals surface area contributed by atoms with E-state index in [0.717, 1.165) is 21.7 Å². The molecule has 94 valence electrons. The van der Waals surface area contributed by atoms with Crippen LogP contribution in [-0.4, -0.2) is 15.2 Å². The fourth-order valence-corrected chi connectivity index (χ4v) is 2.86. The summed E-state index contributed by atoms with van der Waals surface area (Å²) in [5.41, 5.74) is 7.03. The summed E-state index contributed by atoms with van der Waals surface area (Å²) >= 11 is 5.38. The highest BCUT2D eigenvalue weighted by Crippen LogP contribution is 2.43. The van der Waals surface area contributed by atoms with Gasteiger partial charge in [-0.25, -0.2) is 9.97 Å². The van der Waals surface area contributed by atoms with Gasteiger partial charge in [-0.15, -0.1) is 0 Å². The Hall–Kier alpha value is -0.290. The third kappa shape index (κ3) is 3.35. The SMILES string of the molecule is CCC(C)SCc1nc(N)c(Br)c(C2CC2)n1. The number of hydrogen-bond acceptors (Lipinski definition) is 4. The van der Waals surface area contributed by atoms with Gasteiger partial charge in [0.25, 0.3) is 0 Å². The van der Waals surface area contributed by atoms with E-state index in [1.807, 2.05) is 11.8 Å². The van der Waals surface area contributed by atoms with Crippen molar-refractivity contribution >= 4 is 33.5 Å². The van der Waals surface area contributed by atoms with Gasteiger partial charge in [-0.2, -0.15) is 11.8 Å². The number of thioether (sulfide) groups is 1. The van der Waals surface area contributed by atoms with E-state index in [2.05, 4.69) is 39.7 Å². The highest BCUT2D eigenvalue weighted by molar-refractivity contribution is 9.10. The highest BCUT2D eigenvalue weighted by atomic mass is 79.9. The van der Waals surface area contributed by atoms with Crippen molar-refractivity contribution in [1.29, 1.82) is 0 Å². The van der Waals surface area contributed by atoms with Crippen LogP contribution in [0.3, 0.4) is 0 Å². The molecular weight excluding hydrogens is 298 g/mol. The van der Waals surface area contributed by atoms with Crippen LogP contribution >= 0.6 is 27.7 Å². The van der Waals surface area contributed by atoms with Crippen molar-refractivity contribution in [3.05, 3.63) is 16.0 Å². The fraction of sp³-hybridized carbons (Fsp3) is 0.667. The maximum absolute atomic E-state index is 5.92. The lowest BCUT2D eigenvalue weighted by molar-refractivity contribution is 0.893. The minimum Gasteiger partial charge on any atom is -0.383 e. The van der Waals surface area contributed by atoms with E-state index in [9.17, 15) is 0 Å². The standard InChI is InChI=1S/C12H18BrN3S/c1-3-7(2)17-6-9-15-11(8-4-5-8)10(13)12(14)16-9/h7-8H,3-6H2,1-2H3,(H2,14,15,16). The molecule has 1 aromatic heterocycles. The van der Waals surface area contributed by atoms with Crippen molar-refractivity contribution in [1.82, 2.24) is 9.97 Å². The van der Waals surface area contributed by atoms with Gasteiger partial charge in [0, 0.05) is 11.2 Å². The third-order valence-electron chi connectivity index (χ3n) is 2.98. The van der Waals surface area contributed by atoms with Gasteiger partial charge in [0.05, 0.1) is 15.9 Å². The number of nitrogens with zero attached hydrogens (tertiary/aromatic N) is 2. The van der Waals surface area contributed by atoms with Gasteiger partial charge in [0.2, 0.25) is 0 Å². The Morgan fingerprint density at radius 3 is 2.76 bits per heavy atom. The van der Waals surface area contributed by atoms with E-state index in [1.165, 1.54) is 19.3 Å². The van der Waals surface area contributed by atoms with Gasteiger partial charge in [-0.1, -0.05) is 13.8 Å². The van der Waals surface area contributed by atoms with Crippen LogP contribution in [0.5, 0.6) is 0 Å². The Labute approximate surface area is 115 Å². The second kappa shape index (κ2) is 5.57. The van der Waals surface area contributed by atoms with Crippen molar-refractivity contribution in [2.45, 2.75) is 50.0 Å². The number of nitrogen functional groups attached to an aromatic ring is 1. The molecule has 0 aliphatic heterocycles. The molecule has 2 N–H and O–H groups in total. The number of anilines is 1. The van der Waals surface area contributed by atoms with Gasteiger partial charge >= 0.3 is 0 Å². The van der Waals surface area contributed by atoms with Gasteiger partial charge in [-0.05, 0) is 35.2 Å². The van der Waals surface area contributed by atoms with Crippen LogP contribution in [0, 0.1) is 0 Å². The van der Waals surface area contributed by atoms with Crippen LogP contribution in [0.2, 0.25) is 0 Å². The molecule has 1 aromatic rings. The predicted molar refractivity (Wildman–Crippen MR) is 77.2 cm³/mol. The van der Waals surface area contributed by atoms with E-state index in [0.29, 0.717) is 17.0 Å². The number of hydrogen-bond donors (Lipinski definition) is 1. The Morgan fingerprint density at radius 2 is 2.18 bits per heavy atom. The molecule has 0 amide bonds. The summed E-state index contributed by atoms with van der Waals surface area (Å²) in [5, 5.41) is 0.646. The van der Waals surface area contributed by atoms with Crippen LogP contribution < -0.4 is 5.73 Å². The molecule has 1 heterocycles. The molecule has 1 aliphatic rings. The van der Waals surface area contributed by atoms with Crippen LogP contribution in [0.15, 0.2) is 4.47 Å². The van der Waals surface area contributed by atoms with E-state index in [4.69, 9.17) is 5.73 Å². The molecule has 0 saturated heterocycles. The maximum atomic E-state index is 5.92. The van der Waals surface area contributed by atoms with Crippen molar-refractivity contribution < 1.29 is 0 Å². The van der Waals surface area contributed by atoms with E-state index in [1.54, 1.807) is 0 Å². The number of aromatic nitrogens is 2. The zero-order valence-corrected chi connectivity index (χ0v) is 12.6. The molecule has 1 unspecified atom stereocenters. The average Bonchev–Trinajstić information content (AvgIpc) is 3.14. The summed E-state index contributed by atoms with van der Waals surface area (Å²) in [7, 11) is 0. The molecule has 0 aromatic carbocycles. The first-order valence-corrected chi connectivity index (χ1v) is 7.89. The molecule has 5 heteroatoms. The molecule has 0 bridgehead atoms. The topological polar surface area (TPSA) is 51.8 Å². The molecule has 1 fully saturated rings. The first-order valence-electron chi connectivity index (χ1n) is 6.05. The molecule has 2 rings (SSSR count). The molecule has 3 nitrogen and oxygen atoms in total. The highest BCUT2D eigenvalue weighted by Gasteiger charge is 2.29. The van der Waals surface area contributed by atoms with Gasteiger partial charge in [-0.3, -0.25) is 0 Å². The minimum atomic E-state index is 0.585. The van der Waals surface area contributed by atoms with E-state index in [-0.39, 0.29) is 0 Å². The van der Waals surface area contributed by atoms with Crippen molar-refractivity contribution in [3.63, 3.8) is 0 Å². The van der Waals surface area contributed by atoms with E-state index >= 15 is 0 Å². The van der Waals surface area contributed by atoms with Gasteiger partial charge < -0.3 is 5.73 Å². The van der Waals surface area contributed by atoms with Gasteiger partial charge in [0.1, 0.15) is 11.6 Å². The number of rotatable bonds is 5. The summed E-state index contributed by atoms with van der Waals surface area (Å²) in [4.78, 5) is 8.99. The Balaban J connectivity index is 2.12. The summed E-state index contributed by atoms with van der Waals surface area (Å²) < 4.78 is 0.900. The second-order valence-electron chi connectivity index (χ2n) is 4.53. The largest absolute Gasteiger partial charge is 0.383 e. The molecular formula is C12H18BrN3S. The van der Waals surface area contributed by atoms with E-state index < -0.39 is 0 Å². The molecule has 1 aliphatic carbocycles. The average molecular weight is 316 g/mol. The van der Waals surface area contributed by atoms with Crippen molar-refractivity contribution in [2.75, 3.05) is 5.73 Å². The molecule has 17 heavy (non-hydrogen) atoms.